The number of benzene rings is 1. The van der Waals surface area contributed by atoms with E-state index in [1.807, 2.05) is 58.6 Å². The van der Waals surface area contributed by atoms with Crippen LogP contribution in [0.5, 0.6) is 0 Å². The van der Waals surface area contributed by atoms with Gasteiger partial charge in [0.25, 0.3) is 0 Å². The van der Waals surface area contributed by atoms with Gasteiger partial charge < -0.3 is 10.2 Å². The van der Waals surface area contributed by atoms with Gasteiger partial charge in [-0.1, -0.05) is 40.7 Å². The van der Waals surface area contributed by atoms with Crippen molar-refractivity contribution in [2.75, 3.05) is 16.8 Å². The average molecular weight is 386 g/mol. The molecule has 2 aromatic rings. The number of hydrogen-bond donors (Lipinski definition) is 1. The first-order valence-electron chi connectivity index (χ1n) is 9.31. The lowest BCUT2D eigenvalue weighted by Gasteiger charge is -2.26. The molecule has 0 fully saturated rings. The summed E-state index contributed by atoms with van der Waals surface area (Å²) >= 11 is 1.49. The van der Waals surface area contributed by atoms with Gasteiger partial charge in [-0.05, 0) is 31.0 Å². The van der Waals surface area contributed by atoms with Crippen LogP contribution in [0.3, 0.4) is 0 Å². The molecule has 1 aromatic heterocycles. The summed E-state index contributed by atoms with van der Waals surface area (Å²) < 4.78 is 0. The standard InChI is InChI=1S/C21H27N3O2S/c1-12(2)18(25)23-20-22-17(13(3)27-20)15-7-8-16-14(11-15)9-10-24(16)19(26)21(4,5)6/h7-8,11-12H,9-10H2,1-6H3,(H,22,23,25). The molecule has 0 radical (unpaired) electrons. The number of carbonyl (C=O) groups excluding carboxylic acids is 2. The number of carbonyl (C=O) groups is 2. The van der Waals surface area contributed by atoms with Crippen LogP contribution in [0.25, 0.3) is 11.3 Å². The van der Waals surface area contributed by atoms with Crippen molar-refractivity contribution in [3.8, 4) is 11.3 Å². The minimum absolute atomic E-state index is 0.0272. The average Bonchev–Trinajstić information content (AvgIpc) is 3.15. The number of amides is 2. The second-order valence-corrected chi connectivity index (χ2v) is 9.57. The summed E-state index contributed by atoms with van der Waals surface area (Å²) in [6.45, 7) is 12.3. The van der Waals surface area contributed by atoms with Crippen LogP contribution in [0.15, 0.2) is 18.2 Å². The number of aromatic nitrogens is 1. The number of fused-ring (bicyclic) bond motifs is 1. The lowest BCUT2D eigenvalue weighted by molar-refractivity contribution is -0.125. The van der Waals surface area contributed by atoms with Crippen LogP contribution in [-0.2, 0) is 16.0 Å². The van der Waals surface area contributed by atoms with Crippen molar-refractivity contribution < 1.29 is 9.59 Å². The predicted octanol–water partition coefficient (Wildman–Crippen LogP) is 4.65. The fourth-order valence-corrected chi connectivity index (χ4v) is 3.97. The van der Waals surface area contributed by atoms with Crippen molar-refractivity contribution >= 4 is 34.0 Å². The van der Waals surface area contributed by atoms with Gasteiger partial charge in [-0.15, -0.1) is 11.3 Å². The van der Waals surface area contributed by atoms with Gasteiger partial charge in [0.2, 0.25) is 11.8 Å². The molecule has 1 aromatic carbocycles. The number of rotatable bonds is 3. The Morgan fingerprint density at radius 2 is 1.96 bits per heavy atom. The molecule has 0 aliphatic carbocycles. The number of hydrogen-bond acceptors (Lipinski definition) is 4. The molecular weight excluding hydrogens is 358 g/mol. The highest BCUT2D eigenvalue weighted by Gasteiger charge is 2.32. The van der Waals surface area contributed by atoms with E-state index in [9.17, 15) is 9.59 Å². The molecule has 2 heterocycles. The summed E-state index contributed by atoms with van der Waals surface area (Å²) in [5.74, 6) is 0.0436. The van der Waals surface area contributed by atoms with E-state index < -0.39 is 5.41 Å². The van der Waals surface area contributed by atoms with Crippen LogP contribution in [0.2, 0.25) is 0 Å². The second kappa shape index (κ2) is 7.08. The maximum Gasteiger partial charge on any atom is 0.232 e. The highest BCUT2D eigenvalue weighted by Crippen LogP contribution is 2.37. The second-order valence-electron chi connectivity index (χ2n) is 8.37. The Bertz CT molecular complexity index is 893. The van der Waals surface area contributed by atoms with E-state index in [0.717, 1.165) is 34.8 Å². The van der Waals surface area contributed by atoms with Crippen LogP contribution in [0.4, 0.5) is 10.8 Å². The van der Waals surface area contributed by atoms with Gasteiger partial charge in [0.1, 0.15) is 0 Å². The Labute approximate surface area is 164 Å². The zero-order valence-electron chi connectivity index (χ0n) is 16.8. The minimum atomic E-state index is -0.394. The first kappa shape index (κ1) is 19.5. The summed E-state index contributed by atoms with van der Waals surface area (Å²) in [4.78, 5) is 32.2. The summed E-state index contributed by atoms with van der Waals surface area (Å²) in [6.07, 6.45) is 0.852. The number of anilines is 2. The van der Waals surface area contributed by atoms with Gasteiger partial charge in [-0.3, -0.25) is 9.59 Å². The summed E-state index contributed by atoms with van der Waals surface area (Å²) in [7, 11) is 0. The van der Waals surface area contributed by atoms with E-state index in [4.69, 9.17) is 0 Å². The largest absolute Gasteiger partial charge is 0.311 e. The van der Waals surface area contributed by atoms with Gasteiger partial charge in [0.05, 0.1) is 5.69 Å². The Hall–Kier alpha value is -2.21. The third kappa shape index (κ3) is 3.90. The number of thiazole rings is 1. The summed E-state index contributed by atoms with van der Waals surface area (Å²) in [5.41, 5.74) is 3.69. The highest BCUT2D eigenvalue weighted by atomic mass is 32.1. The molecule has 0 spiro atoms. The summed E-state index contributed by atoms with van der Waals surface area (Å²) in [5, 5.41) is 3.51. The molecule has 6 heteroatoms. The monoisotopic (exact) mass is 385 g/mol. The van der Waals surface area contributed by atoms with Crippen molar-refractivity contribution in [3.63, 3.8) is 0 Å². The predicted molar refractivity (Wildman–Crippen MR) is 111 cm³/mol. The SMILES string of the molecule is Cc1sc(NC(=O)C(C)C)nc1-c1ccc2c(c1)CCN2C(=O)C(C)(C)C. The van der Waals surface area contributed by atoms with Gasteiger partial charge >= 0.3 is 0 Å². The van der Waals surface area contributed by atoms with Crippen LogP contribution in [0, 0.1) is 18.3 Å². The first-order valence-corrected chi connectivity index (χ1v) is 10.1. The van der Waals surface area contributed by atoms with E-state index in [1.165, 1.54) is 16.9 Å². The maximum atomic E-state index is 12.7. The van der Waals surface area contributed by atoms with E-state index in [1.54, 1.807) is 0 Å². The molecule has 0 atom stereocenters. The molecule has 1 aliphatic heterocycles. The van der Waals surface area contributed by atoms with Crippen LogP contribution < -0.4 is 10.2 Å². The molecule has 3 rings (SSSR count). The van der Waals surface area contributed by atoms with Crippen LogP contribution in [0.1, 0.15) is 45.1 Å². The molecule has 1 N–H and O–H groups in total. The smallest absolute Gasteiger partial charge is 0.232 e. The van der Waals surface area contributed by atoms with Crippen molar-refractivity contribution in [3.05, 3.63) is 28.6 Å². The fraction of sp³-hybridized carbons (Fsp3) is 0.476. The quantitative estimate of drug-likeness (QED) is 0.837. The minimum Gasteiger partial charge on any atom is -0.311 e. The van der Waals surface area contributed by atoms with E-state index in [0.29, 0.717) is 5.13 Å². The van der Waals surface area contributed by atoms with Crippen LogP contribution in [-0.4, -0.2) is 23.3 Å². The third-order valence-electron chi connectivity index (χ3n) is 4.69. The van der Waals surface area contributed by atoms with Gasteiger partial charge in [-0.2, -0.15) is 0 Å². The number of nitrogens with zero attached hydrogens (tertiary/aromatic N) is 2. The van der Waals surface area contributed by atoms with Crippen LogP contribution >= 0.6 is 11.3 Å². The topological polar surface area (TPSA) is 62.3 Å². The van der Waals surface area contributed by atoms with Gasteiger partial charge in [0.15, 0.2) is 5.13 Å². The Balaban J connectivity index is 1.88. The number of nitrogens with one attached hydrogen (secondary N) is 1. The molecular formula is C21H27N3O2S. The van der Waals surface area contributed by atoms with E-state index in [-0.39, 0.29) is 17.7 Å². The first-order chi connectivity index (χ1) is 12.6. The molecule has 144 valence electrons. The van der Waals surface area contributed by atoms with E-state index >= 15 is 0 Å². The molecule has 0 bridgehead atoms. The molecule has 27 heavy (non-hydrogen) atoms. The molecule has 1 aliphatic rings. The lowest BCUT2D eigenvalue weighted by atomic mass is 9.94. The maximum absolute atomic E-state index is 12.7. The van der Waals surface area contributed by atoms with Crippen molar-refractivity contribution in [1.29, 1.82) is 0 Å². The summed E-state index contributed by atoms with van der Waals surface area (Å²) in [6, 6.07) is 6.16. The Kier molecular flexibility index (Phi) is 5.12. The van der Waals surface area contributed by atoms with E-state index in [2.05, 4.69) is 16.4 Å². The van der Waals surface area contributed by atoms with Gasteiger partial charge in [0, 0.05) is 34.0 Å². The zero-order chi connectivity index (χ0) is 19.9. The highest BCUT2D eigenvalue weighted by molar-refractivity contribution is 7.16. The molecule has 2 amide bonds. The molecule has 0 saturated heterocycles. The third-order valence-corrected chi connectivity index (χ3v) is 5.57. The Morgan fingerprint density at radius 3 is 2.59 bits per heavy atom. The van der Waals surface area contributed by atoms with Crippen molar-refractivity contribution in [2.45, 2.75) is 48.0 Å². The number of aryl methyl sites for hydroxylation is 1. The lowest BCUT2D eigenvalue weighted by Crippen LogP contribution is -2.38. The fourth-order valence-electron chi connectivity index (χ4n) is 3.13. The normalized spacial score (nSPS) is 13.8. The Morgan fingerprint density at radius 1 is 1.26 bits per heavy atom. The van der Waals surface area contributed by atoms with Gasteiger partial charge in [-0.25, -0.2) is 4.98 Å². The zero-order valence-corrected chi connectivity index (χ0v) is 17.7. The van der Waals surface area contributed by atoms with Crippen molar-refractivity contribution in [1.82, 2.24) is 4.98 Å². The molecule has 0 unspecified atom stereocenters. The molecule has 5 nitrogen and oxygen atoms in total. The van der Waals surface area contributed by atoms with Crippen molar-refractivity contribution in [2.24, 2.45) is 11.3 Å². The molecule has 0 saturated carbocycles.